The molecule has 0 amide bonds. The van der Waals surface area contributed by atoms with Crippen molar-refractivity contribution in [1.29, 1.82) is 0 Å². The molecule has 2 N–H and O–H groups in total. The largest absolute Gasteiger partial charge is 0.476 e. The van der Waals surface area contributed by atoms with Crippen LogP contribution in [-0.4, -0.2) is 21.3 Å². The molecule has 0 saturated heterocycles. The fraction of sp³-hybridized carbons (Fsp3) is 0.250. The molecule has 1 heterocycles. The van der Waals surface area contributed by atoms with Gasteiger partial charge in [-0.05, 0) is 13.8 Å². The molecule has 0 unspecified atom stereocenters. The number of aromatic amines is 1. The summed E-state index contributed by atoms with van der Waals surface area (Å²) in [7, 11) is 0. The van der Waals surface area contributed by atoms with E-state index in [1.807, 2.05) is 6.92 Å². The summed E-state index contributed by atoms with van der Waals surface area (Å²) in [6, 6.07) is 0. The maximum Gasteiger partial charge on any atom is 0.357 e. The van der Waals surface area contributed by atoms with Crippen molar-refractivity contribution in [1.82, 2.24) is 10.2 Å². The molecule has 4 nitrogen and oxygen atoms in total. The van der Waals surface area contributed by atoms with E-state index < -0.39 is 5.97 Å². The Hall–Kier alpha value is -1.58. The monoisotopic (exact) mass is 166 g/mol. The Labute approximate surface area is 69.2 Å². The van der Waals surface area contributed by atoms with E-state index in [-0.39, 0.29) is 5.69 Å². The molecule has 4 heteroatoms. The molecule has 0 radical (unpaired) electrons. The molecule has 0 aromatic carbocycles. The van der Waals surface area contributed by atoms with Crippen molar-refractivity contribution in [3.8, 4) is 0 Å². The van der Waals surface area contributed by atoms with Crippen molar-refractivity contribution >= 4 is 18.1 Å². The molecule has 1 rings (SSSR count). The Morgan fingerprint density at radius 3 is 2.58 bits per heavy atom. The molecule has 0 aliphatic carbocycles. The highest BCUT2D eigenvalue weighted by atomic mass is 16.4. The Balaban J connectivity index is 3.56. The molecule has 0 aliphatic rings. The zero-order chi connectivity index (χ0) is 9.14. The Morgan fingerprint density at radius 2 is 2.17 bits per heavy atom. The topological polar surface area (TPSA) is 66.0 Å². The van der Waals surface area contributed by atoms with Gasteiger partial charge in [0.2, 0.25) is 0 Å². The van der Waals surface area contributed by atoms with Gasteiger partial charge in [0, 0.05) is 5.22 Å². The van der Waals surface area contributed by atoms with Gasteiger partial charge < -0.3 is 5.11 Å². The number of rotatable bonds is 1. The van der Waals surface area contributed by atoms with E-state index in [4.69, 9.17) is 5.11 Å². The summed E-state index contributed by atoms with van der Waals surface area (Å²) in [6.45, 7) is 3.61. The lowest BCUT2D eigenvalue weighted by Crippen LogP contribution is -2.26. The summed E-state index contributed by atoms with van der Waals surface area (Å²) in [4.78, 5) is 10.6. The molecule has 0 saturated carbocycles. The molecule has 1 aromatic heterocycles. The number of hydrogen-bond acceptors (Lipinski definition) is 2. The molecule has 0 atom stereocenters. The second kappa shape index (κ2) is 3.21. The zero-order valence-corrected chi connectivity index (χ0v) is 6.96. The van der Waals surface area contributed by atoms with Crippen LogP contribution in [0.4, 0.5) is 0 Å². The standard InChI is InChI=1S/C8H10N2O2/c1-3-5-6(4-2)9-10-7(5)8(11)12/h3-4,9H,1-2H3,(H,11,12)/b5-3-,6-4-. The predicted octanol–water partition coefficient (Wildman–Crippen LogP) is -0.291. The van der Waals surface area contributed by atoms with Gasteiger partial charge in [-0.3, -0.25) is 5.10 Å². The minimum Gasteiger partial charge on any atom is -0.476 e. The van der Waals surface area contributed by atoms with Crippen LogP contribution in [0.15, 0.2) is 0 Å². The fourth-order valence-electron chi connectivity index (χ4n) is 1.04. The van der Waals surface area contributed by atoms with E-state index in [2.05, 4.69) is 10.2 Å². The van der Waals surface area contributed by atoms with Crippen molar-refractivity contribution in [2.24, 2.45) is 0 Å². The first-order valence-corrected chi connectivity index (χ1v) is 3.61. The Kier molecular flexibility index (Phi) is 2.28. The smallest absolute Gasteiger partial charge is 0.357 e. The van der Waals surface area contributed by atoms with Crippen LogP contribution >= 0.6 is 0 Å². The molecule has 12 heavy (non-hydrogen) atoms. The average Bonchev–Trinajstić information content (AvgIpc) is 2.46. The van der Waals surface area contributed by atoms with Gasteiger partial charge in [0.05, 0.1) is 5.35 Å². The van der Waals surface area contributed by atoms with Crippen molar-refractivity contribution < 1.29 is 9.90 Å². The van der Waals surface area contributed by atoms with Crippen LogP contribution in [0.2, 0.25) is 0 Å². The van der Waals surface area contributed by atoms with Crippen LogP contribution in [0.1, 0.15) is 24.3 Å². The quantitative estimate of drug-likeness (QED) is 0.602. The maximum atomic E-state index is 10.6. The molecule has 0 spiro atoms. The van der Waals surface area contributed by atoms with Gasteiger partial charge in [0.1, 0.15) is 0 Å². The van der Waals surface area contributed by atoms with Crippen molar-refractivity contribution in [3.63, 3.8) is 0 Å². The number of H-pyrrole nitrogens is 1. The maximum absolute atomic E-state index is 10.6. The first-order chi connectivity index (χ1) is 5.70. The number of carboxylic acid groups (broad SMARTS) is 1. The lowest BCUT2D eigenvalue weighted by molar-refractivity contribution is 0.0689. The third-order valence-corrected chi connectivity index (χ3v) is 1.61. The van der Waals surface area contributed by atoms with Crippen LogP contribution in [0.5, 0.6) is 0 Å². The van der Waals surface area contributed by atoms with Crippen molar-refractivity contribution in [2.75, 3.05) is 0 Å². The number of hydrogen-bond donors (Lipinski definition) is 2. The number of nitrogens with zero attached hydrogens (tertiary/aromatic N) is 1. The summed E-state index contributed by atoms with van der Waals surface area (Å²) in [5.41, 5.74) is 0.0746. The van der Waals surface area contributed by atoms with Gasteiger partial charge in [-0.2, -0.15) is 5.10 Å². The van der Waals surface area contributed by atoms with E-state index in [1.165, 1.54) is 0 Å². The highest BCUT2D eigenvalue weighted by molar-refractivity contribution is 5.85. The summed E-state index contributed by atoms with van der Waals surface area (Å²) in [5.74, 6) is -1.01. The van der Waals surface area contributed by atoms with Crippen LogP contribution in [0, 0.1) is 0 Å². The second-order valence-corrected chi connectivity index (χ2v) is 2.28. The van der Waals surface area contributed by atoms with Gasteiger partial charge in [0.15, 0.2) is 5.69 Å². The predicted molar refractivity (Wildman–Crippen MR) is 45.1 cm³/mol. The van der Waals surface area contributed by atoms with E-state index in [1.54, 1.807) is 19.1 Å². The van der Waals surface area contributed by atoms with E-state index in [0.717, 1.165) is 5.35 Å². The molecular formula is C8H10N2O2. The van der Waals surface area contributed by atoms with Gasteiger partial charge >= 0.3 is 5.97 Å². The van der Waals surface area contributed by atoms with Crippen molar-refractivity contribution in [3.05, 3.63) is 16.3 Å². The van der Waals surface area contributed by atoms with Crippen LogP contribution in [0.25, 0.3) is 12.2 Å². The minimum absolute atomic E-state index is 0.0746. The van der Waals surface area contributed by atoms with Gasteiger partial charge in [0.25, 0.3) is 0 Å². The number of nitrogens with one attached hydrogen (secondary N) is 1. The van der Waals surface area contributed by atoms with E-state index in [9.17, 15) is 4.79 Å². The molecule has 1 aromatic rings. The average molecular weight is 166 g/mol. The fourth-order valence-corrected chi connectivity index (χ4v) is 1.04. The second-order valence-electron chi connectivity index (χ2n) is 2.28. The first-order valence-electron chi connectivity index (χ1n) is 3.61. The summed E-state index contributed by atoms with van der Waals surface area (Å²) in [6.07, 6.45) is 3.51. The summed E-state index contributed by atoms with van der Waals surface area (Å²) < 4.78 is 0. The summed E-state index contributed by atoms with van der Waals surface area (Å²) in [5, 5.41) is 16.4. The highest BCUT2D eigenvalue weighted by Gasteiger charge is 2.07. The number of carboxylic acids is 1. The van der Waals surface area contributed by atoms with Crippen LogP contribution in [-0.2, 0) is 0 Å². The molecule has 64 valence electrons. The van der Waals surface area contributed by atoms with Crippen LogP contribution in [0.3, 0.4) is 0 Å². The lowest BCUT2D eigenvalue weighted by Gasteiger charge is -1.82. The Bertz CT molecular complexity index is 403. The molecular weight excluding hydrogens is 156 g/mol. The third-order valence-electron chi connectivity index (χ3n) is 1.61. The normalized spacial score (nSPS) is 13.8. The zero-order valence-electron chi connectivity index (χ0n) is 6.96. The van der Waals surface area contributed by atoms with Gasteiger partial charge in [-0.15, -0.1) is 0 Å². The lowest BCUT2D eigenvalue weighted by atomic mass is 10.3. The van der Waals surface area contributed by atoms with Gasteiger partial charge in [-0.1, -0.05) is 12.2 Å². The van der Waals surface area contributed by atoms with Crippen molar-refractivity contribution in [2.45, 2.75) is 13.8 Å². The summed E-state index contributed by atoms with van der Waals surface area (Å²) >= 11 is 0. The number of aromatic carboxylic acids is 1. The third kappa shape index (κ3) is 1.23. The molecule has 0 bridgehead atoms. The Morgan fingerprint density at radius 1 is 1.50 bits per heavy atom. The molecule has 0 fully saturated rings. The molecule has 0 aliphatic heterocycles. The first kappa shape index (κ1) is 8.52. The SMILES string of the molecule is C/C=c1\[nH]nc(C(=O)O)\c1=C/C. The van der Waals surface area contributed by atoms with Gasteiger partial charge in [-0.25, -0.2) is 4.79 Å². The highest BCUT2D eigenvalue weighted by Crippen LogP contribution is 1.79. The van der Waals surface area contributed by atoms with Crippen LogP contribution < -0.4 is 10.6 Å². The number of aromatic nitrogens is 2. The minimum atomic E-state index is -1.01. The van der Waals surface area contributed by atoms with E-state index in [0.29, 0.717) is 5.22 Å². The number of carbonyl (C=O) groups is 1. The van der Waals surface area contributed by atoms with E-state index >= 15 is 0 Å².